The Balaban J connectivity index is 1.14. The Bertz CT molecular complexity index is 874. The molecule has 7 fully saturated rings. The first-order valence-corrected chi connectivity index (χ1v) is 14.2. The minimum absolute atomic E-state index is 0.000479. The topological polar surface area (TPSA) is 118 Å². The Morgan fingerprint density at radius 1 is 0.641 bits per heavy atom. The van der Waals surface area contributed by atoms with Crippen molar-refractivity contribution in [2.75, 3.05) is 93.0 Å². The Morgan fingerprint density at radius 3 is 1.36 bits per heavy atom. The lowest BCUT2D eigenvalue weighted by Gasteiger charge is -2.51. The number of piperidine rings is 6. The molecule has 7 rings (SSSR count). The van der Waals surface area contributed by atoms with E-state index < -0.39 is 23.3 Å². The lowest BCUT2D eigenvalue weighted by molar-refractivity contribution is -0.159. The number of Topliss-reactive ketones (excluding diaryl/α,β-unsaturated/α-hetero) is 2. The molecule has 0 saturated carbocycles. The molecule has 0 spiro atoms. The molecule has 2 atom stereocenters. The summed E-state index contributed by atoms with van der Waals surface area (Å²) in [4.78, 5) is 59.7. The van der Waals surface area contributed by atoms with Gasteiger partial charge in [0.05, 0.1) is 13.2 Å². The molecule has 4 bridgehead atoms. The third kappa shape index (κ3) is 5.16. The minimum Gasteiger partial charge on any atom is -0.447 e. The van der Waals surface area contributed by atoms with Gasteiger partial charge in [0.25, 0.3) is 0 Å². The standard InChI is InChI=1S/C27H42N4O8/c1-36-16-26(22(32)20-4-10-30(26)11-5-20)18-38-24(34)28-8-3-9-29(15-14-28)25(35)39-19-27(17-37-2)23(33)21-6-12-31(27)13-7-21/h20-21H,3-19H2,1-2H3/t26-,27-/m0/s1. The molecule has 0 aromatic rings. The highest BCUT2D eigenvalue weighted by Gasteiger charge is 2.55. The van der Waals surface area contributed by atoms with Gasteiger partial charge in [0, 0.05) is 78.4 Å². The molecule has 39 heavy (non-hydrogen) atoms. The van der Waals surface area contributed by atoms with Gasteiger partial charge in [-0.25, -0.2) is 9.59 Å². The number of nitrogens with zero attached hydrogens (tertiary/aromatic N) is 4. The molecule has 0 aliphatic carbocycles. The molecule has 2 amide bonds. The second-order valence-corrected chi connectivity index (χ2v) is 11.6. The summed E-state index contributed by atoms with van der Waals surface area (Å²) in [5, 5.41) is 0. The molecule has 12 nitrogen and oxygen atoms in total. The van der Waals surface area contributed by atoms with Crippen LogP contribution in [0.5, 0.6) is 0 Å². The fraction of sp³-hybridized carbons (Fsp3) is 0.852. The molecule has 0 aromatic carbocycles. The Hall–Kier alpha value is -2.28. The minimum atomic E-state index is -0.919. The van der Waals surface area contributed by atoms with Gasteiger partial charge in [-0.1, -0.05) is 0 Å². The number of rotatable bonds is 8. The van der Waals surface area contributed by atoms with E-state index in [1.165, 1.54) is 0 Å². The summed E-state index contributed by atoms with van der Waals surface area (Å²) >= 11 is 0. The van der Waals surface area contributed by atoms with Crippen molar-refractivity contribution in [1.82, 2.24) is 19.6 Å². The van der Waals surface area contributed by atoms with Crippen LogP contribution in [-0.4, -0.2) is 147 Å². The molecule has 7 heterocycles. The third-order valence-corrected chi connectivity index (χ3v) is 9.51. The normalized spacial score (nSPS) is 36.2. The average Bonchev–Trinajstić information content (AvgIpc) is 3.22. The highest BCUT2D eigenvalue weighted by molar-refractivity contribution is 5.93. The zero-order valence-electron chi connectivity index (χ0n) is 23.2. The van der Waals surface area contributed by atoms with Crippen LogP contribution in [0.3, 0.4) is 0 Å². The number of hydrogen-bond acceptors (Lipinski definition) is 10. The van der Waals surface area contributed by atoms with Crippen LogP contribution in [0.25, 0.3) is 0 Å². The van der Waals surface area contributed by atoms with Crippen molar-refractivity contribution >= 4 is 23.8 Å². The van der Waals surface area contributed by atoms with Crippen molar-refractivity contribution in [2.45, 2.75) is 43.2 Å². The summed E-state index contributed by atoms with van der Waals surface area (Å²) in [6.07, 6.45) is 2.95. The van der Waals surface area contributed by atoms with E-state index in [4.69, 9.17) is 18.9 Å². The number of ketones is 2. The van der Waals surface area contributed by atoms with Gasteiger partial charge in [0.1, 0.15) is 24.3 Å². The molecule has 218 valence electrons. The number of methoxy groups -OCH3 is 2. The van der Waals surface area contributed by atoms with E-state index in [0.29, 0.717) is 32.6 Å². The van der Waals surface area contributed by atoms with Crippen molar-refractivity contribution in [3.8, 4) is 0 Å². The maximum Gasteiger partial charge on any atom is 0.409 e. The monoisotopic (exact) mass is 550 g/mol. The number of carbonyl (C=O) groups excluding carboxylic acids is 4. The van der Waals surface area contributed by atoms with E-state index in [2.05, 4.69) is 9.80 Å². The molecule has 0 aromatic heterocycles. The van der Waals surface area contributed by atoms with Crippen LogP contribution < -0.4 is 0 Å². The lowest BCUT2D eigenvalue weighted by atomic mass is 9.74. The molecule has 0 radical (unpaired) electrons. The van der Waals surface area contributed by atoms with Crippen LogP contribution in [0.1, 0.15) is 32.1 Å². The van der Waals surface area contributed by atoms with Crippen molar-refractivity contribution in [1.29, 1.82) is 0 Å². The zero-order valence-corrected chi connectivity index (χ0v) is 23.2. The van der Waals surface area contributed by atoms with Gasteiger partial charge < -0.3 is 28.7 Å². The molecule has 0 N–H and O–H groups in total. The fourth-order valence-electron chi connectivity index (χ4n) is 7.25. The summed E-state index contributed by atoms with van der Waals surface area (Å²) in [5.74, 6) is 0.208. The average molecular weight is 551 g/mol. The van der Waals surface area contributed by atoms with Crippen LogP contribution >= 0.6 is 0 Å². The van der Waals surface area contributed by atoms with Crippen LogP contribution in [0.15, 0.2) is 0 Å². The molecule has 7 saturated heterocycles. The van der Waals surface area contributed by atoms with Crippen molar-refractivity contribution in [3.05, 3.63) is 0 Å². The van der Waals surface area contributed by atoms with Gasteiger partial charge in [-0.05, 0) is 32.1 Å². The van der Waals surface area contributed by atoms with E-state index in [-0.39, 0.29) is 49.8 Å². The highest BCUT2D eigenvalue weighted by atomic mass is 16.6. The first-order chi connectivity index (χ1) is 18.8. The van der Waals surface area contributed by atoms with Gasteiger partial charge >= 0.3 is 12.2 Å². The Kier molecular flexibility index (Phi) is 8.46. The highest BCUT2D eigenvalue weighted by Crippen LogP contribution is 2.38. The summed E-state index contributed by atoms with van der Waals surface area (Å²) in [5.41, 5.74) is -1.84. The number of carbonyl (C=O) groups is 4. The smallest absolute Gasteiger partial charge is 0.409 e. The molecular weight excluding hydrogens is 508 g/mol. The summed E-state index contributed by atoms with van der Waals surface area (Å²) in [7, 11) is 3.12. The second kappa shape index (κ2) is 11.7. The first-order valence-electron chi connectivity index (χ1n) is 14.2. The second-order valence-electron chi connectivity index (χ2n) is 11.6. The van der Waals surface area contributed by atoms with E-state index in [9.17, 15) is 19.2 Å². The van der Waals surface area contributed by atoms with Crippen molar-refractivity contribution in [3.63, 3.8) is 0 Å². The number of amides is 2. The summed E-state index contributed by atoms with van der Waals surface area (Å²) < 4.78 is 22.2. The van der Waals surface area contributed by atoms with Crippen LogP contribution in [-0.2, 0) is 28.5 Å². The van der Waals surface area contributed by atoms with Gasteiger partial charge in [0.2, 0.25) is 0 Å². The molecule has 12 heteroatoms. The van der Waals surface area contributed by atoms with Crippen molar-refractivity contribution in [2.24, 2.45) is 11.8 Å². The predicted molar refractivity (Wildman–Crippen MR) is 138 cm³/mol. The Morgan fingerprint density at radius 2 is 1.03 bits per heavy atom. The molecule has 0 unspecified atom stereocenters. The van der Waals surface area contributed by atoms with E-state index in [1.54, 1.807) is 24.0 Å². The summed E-state index contributed by atoms with van der Waals surface area (Å²) in [6.45, 7) is 4.96. The van der Waals surface area contributed by atoms with Crippen LogP contribution in [0.2, 0.25) is 0 Å². The first kappa shape index (κ1) is 28.3. The zero-order chi connectivity index (χ0) is 27.6. The quantitative estimate of drug-likeness (QED) is 0.426. The summed E-state index contributed by atoms with van der Waals surface area (Å²) in [6, 6.07) is 0. The van der Waals surface area contributed by atoms with Gasteiger partial charge in [-0.3, -0.25) is 19.4 Å². The third-order valence-electron chi connectivity index (χ3n) is 9.51. The van der Waals surface area contributed by atoms with Crippen LogP contribution in [0, 0.1) is 11.8 Å². The molecular formula is C27H42N4O8. The SMILES string of the molecule is COC[C@]1(COC(=O)N2CCCN(C(=O)OC[C@@]3(COC)C(=O)C4CCN3CC4)CC2)C(=O)C2CCN1CC2. The number of fused-ring (bicyclic) bond motifs is 6. The van der Waals surface area contributed by atoms with Gasteiger partial charge in [0.15, 0.2) is 11.6 Å². The van der Waals surface area contributed by atoms with Crippen LogP contribution in [0.4, 0.5) is 9.59 Å². The number of hydrogen-bond donors (Lipinski definition) is 0. The Labute approximate surface area is 229 Å². The molecule has 7 aliphatic rings. The van der Waals surface area contributed by atoms with E-state index in [0.717, 1.165) is 51.9 Å². The van der Waals surface area contributed by atoms with Crippen molar-refractivity contribution < 1.29 is 38.1 Å². The maximum absolute atomic E-state index is 13.1. The largest absolute Gasteiger partial charge is 0.447 e. The lowest BCUT2D eigenvalue weighted by Crippen LogP contribution is -2.69. The number of ether oxygens (including phenoxy) is 4. The van der Waals surface area contributed by atoms with Gasteiger partial charge in [-0.2, -0.15) is 0 Å². The predicted octanol–water partition coefficient (Wildman–Crippen LogP) is 0.627. The van der Waals surface area contributed by atoms with Gasteiger partial charge in [-0.15, -0.1) is 0 Å². The van der Waals surface area contributed by atoms with E-state index >= 15 is 0 Å². The molecule has 7 aliphatic heterocycles. The van der Waals surface area contributed by atoms with E-state index in [1.807, 2.05) is 0 Å². The fourth-order valence-corrected chi connectivity index (χ4v) is 7.25. The maximum atomic E-state index is 13.1.